The summed E-state index contributed by atoms with van der Waals surface area (Å²) in [6, 6.07) is 7.21. The van der Waals surface area contributed by atoms with Gasteiger partial charge in [0.15, 0.2) is 5.16 Å². The van der Waals surface area contributed by atoms with Crippen LogP contribution in [0.5, 0.6) is 5.75 Å². The van der Waals surface area contributed by atoms with Crippen molar-refractivity contribution >= 4 is 29.4 Å². The van der Waals surface area contributed by atoms with E-state index >= 15 is 0 Å². The van der Waals surface area contributed by atoms with Gasteiger partial charge in [-0.2, -0.15) is 0 Å². The van der Waals surface area contributed by atoms with Crippen LogP contribution in [0.4, 0.5) is 5.69 Å². The van der Waals surface area contributed by atoms with Gasteiger partial charge in [0.25, 0.3) is 5.91 Å². The van der Waals surface area contributed by atoms with Crippen LogP contribution in [-0.4, -0.2) is 29.2 Å². The Kier molecular flexibility index (Phi) is 5.79. The van der Waals surface area contributed by atoms with E-state index in [-0.39, 0.29) is 5.91 Å². The minimum absolute atomic E-state index is 0.273. The monoisotopic (exact) mass is 316 g/mol. The number of hydrogen-bond donors (Lipinski definition) is 2. The van der Waals surface area contributed by atoms with Crippen LogP contribution in [0.25, 0.3) is 6.08 Å². The predicted octanol–water partition coefficient (Wildman–Crippen LogP) is 2.36. The standard InChI is InChI=1S/C15H16N4O2S/c1-21-13-6-4-12(5-7-13)18-19-14(20)8-3-11-9-16-15(22-2)17-10-11/h3-10,18H,1-2H3,(H,19,20)/b8-3+. The fourth-order valence-electron chi connectivity index (χ4n) is 1.54. The molecule has 0 aliphatic rings. The molecule has 2 aromatic rings. The van der Waals surface area contributed by atoms with Crippen molar-refractivity contribution in [2.45, 2.75) is 5.16 Å². The zero-order valence-electron chi connectivity index (χ0n) is 12.2. The number of thioether (sulfide) groups is 1. The number of nitrogens with one attached hydrogen (secondary N) is 2. The van der Waals surface area contributed by atoms with E-state index in [1.165, 1.54) is 17.8 Å². The van der Waals surface area contributed by atoms with Crippen LogP contribution in [0.2, 0.25) is 0 Å². The van der Waals surface area contributed by atoms with Gasteiger partial charge in [-0.05, 0) is 36.6 Å². The number of anilines is 1. The van der Waals surface area contributed by atoms with E-state index in [0.717, 1.165) is 17.0 Å². The quantitative estimate of drug-likeness (QED) is 0.369. The highest BCUT2D eigenvalue weighted by molar-refractivity contribution is 7.98. The zero-order chi connectivity index (χ0) is 15.8. The molecule has 1 heterocycles. The van der Waals surface area contributed by atoms with E-state index in [0.29, 0.717) is 5.16 Å². The number of hydrazine groups is 1. The van der Waals surface area contributed by atoms with Gasteiger partial charge in [0.2, 0.25) is 0 Å². The second kappa shape index (κ2) is 8.04. The summed E-state index contributed by atoms with van der Waals surface area (Å²) < 4.78 is 5.06. The second-order valence-electron chi connectivity index (χ2n) is 4.18. The number of carbonyl (C=O) groups is 1. The molecule has 0 spiro atoms. The van der Waals surface area contributed by atoms with E-state index in [2.05, 4.69) is 20.8 Å². The van der Waals surface area contributed by atoms with E-state index in [9.17, 15) is 4.79 Å². The van der Waals surface area contributed by atoms with E-state index in [4.69, 9.17) is 4.74 Å². The van der Waals surface area contributed by atoms with Crippen molar-refractivity contribution in [3.63, 3.8) is 0 Å². The third-order valence-electron chi connectivity index (χ3n) is 2.68. The van der Waals surface area contributed by atoms with E-state index in [1.807, 2.05) is 6.26 Å². The number of benzene rings is 1. The van der Waals surface area contributed by atoms with Crippen LogP contribution in [0.15, 0.2) is 47.9 Å². The highest BCUT2D eigenvalue weighted by atomic mass is 32.2. The summed E-state index contributed by atoms with van der Waals surface area (Å²) in [5.41, 5.74) is 6.90. The summed E-state index contributed by atoms with van der Waals surface area (Å²) in [6.07, 6.45) is 8.30. The van der Waals surface area contributed by atoms with Gasteiger partial charge in [-0.3, -0.25) is 15.6 Å². The molecule has 1 aromatic carbocycles. The Morgan fingerprint density at radius 3 is 2.50 bits per heavy atom. The molecule has 0 radical (unpaired) electrons. The maximum absolute atomic E-state index is 11.7. The average molecular weight is 316 g/mol. The number of carbonyl (C=O) groups excluding carboxylic acids is 1. The molecule has 0 bridgehead atoms. The highest BCUT2D eigenvalue weighted by Crippen LogP contribution is 2.14. The first-order valence-electron chi connectivity index (χ1n) is 6.45. The molecule has 6 nitrogen and oxygen atoms in total. The summed E-state index contributed by atoms with van der Waals surface area (Å²) in [5.74, 6) is 0.482. The summed E-state index contributed by atoms with van der Waals surface area (Å²) in [5, 5.41) is 0.697. The third kappa shape index (κ3) is 4.78. The molecule has 0 saturated heterocycles. The van der Waals surface area contributed by atoms with Crippen LogP contribution >= 0.6 is 11.8 Å². The Bertz CT molecular complexity index is 642. The molecule has 7 heteroatoms. The van der Waals surface area contributed by atoms with Crippen molar-refractivity contribution in [2.24, 2.45) is 0 Å². The molecule has 2 N–H and O–H groups in total. The molecule has 0 atom stereocenters. The summed E-state index contributed by atoms with van der Waals surface area (Å²) >= 11 is 1.47. The lowest BCUT2D eigenvalue weighted by atomic mass is 10.3. The van der Waals surface area contributed by atoms with Crippen molar-refractivity contribution in [1.82, 2.24) is 15.4 Å². The molecule has 1 aromatic heterocycles. The third-order valence-corrected chi connectivity index (χ3v) is 3.25. The lowest BCUT2D eigenvalue weighted by Crippen LogP contribution is -2.27. The van der Waals surface area contributed by atoms with Crippen molar-refractivity contribution in [2.75, 3.05) is 18.8 Å². The molecule has 0 saturated carbocycles. The number of methoxy groups -OCH3 is 1. The van der Waals surface area contributed by atoms with E-state index < -0.39 is 0 Å². The Labute approximate surface area is 133 Å². The molecule has 0 aliphatic heterocycles. The van der Waals surface area contributed by atoms with Crippen molar-refractivity contribution in [1.29, 1.82) is 0 Å². The van der Waals surface area contributed by atoms with Gasteiger partial charge in [-0.25, -0.2) is 9.97 Å². The number of rotatable bonds is 6. The molecular weight excluding hydrogens is 300 g/mol. The molecular formula is C15H16N4O2S. The van der Waals surface area contributed by atoms with Gasteiger partial charge >= 0.3 is 0 Å². The van der Waals surface area contributed by atoms with Gasteiger partial charge in [0, 0.05) is 24.0 Å². The molecule has 0 fully saturated rings. The van der Waals surface area contributed by atoms with Crippen LogP contribution in [0, 0.1) is 0 Å². The van der Waals surface area contributed by atoms with Crippen LogP contribution < -0.4 is 15.6 Å². The molecule has 22 heavy (non-hydrogen) atoms. The van der Waals surface area contributed by atoms with Crippen LogP contribution in [-0.2, 0) is 4.79 Å². The Balaban J connectivity index is 1.84. The second-order valence-corrected chi connectivity index (χ2v) is 4.95. The molecule has 0 unspecified atom stereocenters. The minimum Gasteiger partial charge on any atom is -0.497 e. The molecule has 2 rings (SSSR count). The Hall–Kier alpha value is -2.54. The normalized spacial score (nSPS) is 10.5. The first-order chi connectivity index (χ1) is 10.7. The molecule has 0 aliphatic carbocycles. The first kappa shape index (κ1) is 15.8. The van der Waals surface area contributed by atoms with Gasteiger partial charge in [0.05, 0.1) is 12.8 Å². The van der Waals surface area contributed by atoms with Gasteiger partial charge in [0.1, 0.15) is 5.75 Å². The van der Waals surface area contributed by atoms with Gasteiger partial charge < -0.3 is 4.74 Å². The van der Waals surface area contributed by atoms with E-state index in [1.54, 1.807) is 49.8 Å². The van der Waals surface area contributed by atoms with Gasteiger partial charge in [-0.1, -0.05) is 11.8 Å². The van der Waals surface area contributed by atoms with Crippen LogP contribution in [0.1, 0.15) is 5.56 Å². The minimum atomic E-state index is -0.273. The fourth-order valence-corrected chi connectivity index (χ4v) is 1.86. The average Bonchev–Trinajstić information content (AvgIpc) is 2.59. The largest absolute Gasteiger partial charge is 0.497 e. The number of aromatic nitrogens is 2. The lowest BCUT2D eigenvalue weighted by Gasteiger charge is -2.07. The van der Waals surface area contributed by atoms with Crippen LogP contribution in [0.3, 0.4) is 0 Å². The Morgan fingerprint density at radius 2 is 1.91 bits per heavy atom. The SMILES string of the molecule is COc1ccc(NNC(=O)/C=C/c2cnc(SC)nc2)cc1. The first-order valence-corrected chi connectivity index (χ1v) is 7.68. The number of amides is 1. The fraction of sp³-hybridized carbons (Fsp3) is 0.133. The number of ether oxygens (including phenoxy) is 1. The van der Waals surface area contributed by atoms with Crippen molar-refractivity contribution < 1.29 is 9.53 Å². The molecule has 114 valence electrons. The molecule has 1 amide bonds. The zero-order valence-corrected chi connectivity index (χ0v) is 13.1. The summed E-state index contributed by atoms with van der Waals surface area (Å²) in [6.45, 7) is 0. The summed E-state index contributed by atoms with van der Waals surface area (Å²) in [4.78, 5) is 20.0. The maximum Gasteiger partial charge on any atom is 0.262 e. The van der Waals surface area contributed by atoms with Crippen molar-refractivity contribution in [3.05, 3.63) is 48.3 Å². The Morgan fingerprint density at radius 1 is 1.23 bits per heavy atom. The van der Waals surface area contributed by atoms with Gasteiger partial charge in [-0.15, -0.1) is 0 Å². The number of nitrogens with zero attached hydrogens (tertiary/aromatic N) is 2. The highest BCUT2D eigenvalue weighted by Gasteiger charge is 1.97. The smallest absolute Gasteiger partial charge is 0.262 e. The number of hydrogen-bond acceptors (Lipinski definition) is 6. The lowest BCUT2D eigenvalue weighted by molar-refractivity contribution is -0.115. The topological polar surface area (TPSA) is 76.1 Å². The maximum atomic E-state index is 11.7. The predicted molar refractivity (Wildman–Crippen MR) is 87.6 cm³/mol. The summed E-state index contributed by atoms with van der Waals surface area (Å²) in [7, 11) is 1.60. The van der Waals surface area contributed by atoms with Crippen molar-refractivity contribution in [3.8, 4) is 5.75 Å².